The quantitative estimate of drug-likeness (QED) is 0.637. The summed E-state index contributed by atoms with van der Waals surface area (Å²) in [6, 6.07) is 12.3. The maximum atomic E-state index is 12.8. The zero-order chi connectivity index (χ0) is 19.8. The number of carbonyl (C=O) groups is 1. The largest absolute Gasteiger partial charge is 0.435 e. The molecular weight excluding hydrogens is 399 g/mol. The van der Waals surface area contributed by atoms with E-state index in [-0.39, 0.29) is 10.6 Å². The number of amides is 1. The molecule has 0 aliphatic carbocycles. The van der Waals surface area contributed by atoms with Crippen LogP contribution in [0.1, 0.15) is 15.4 Å². The lowest BCUT2D eigenvalue weighted by atomic mass is 10.3. The number of halogens is 3. The lowest BCUT2D eigenvalue weighted by Crippen LogP contribution is -2.06. The molecule has 3 aromatic rings. The van der Waals surface area contributed by atoms with Crippen molar-refractivity contribution >= 4 is 27.0 Å². The smallest absolute Gasteiger partial charge is 0.267 e. The van der Waals surface area contributed by atoms with E-state index < -0.39 is 27.5 Å². The van der Waals surface area contributed by atoms with Gasteiger partial charge in [-0.05, 0) is 30.3 Å². The van der Waals surface area contributed by atoms with Gasteiger partial charge in [0.05, 0.1) is 25.2 Å². The molecule has 2 heterocycles. The predicted molar refractivity (Wildman–Crippen MR) is 97.1 cm³/mol. The van der Waals surface area contributed by atoms with Crippen LogP contribution >= 0.6 is 11.3 Å². The summed E-state index contributed by atoms with van der Waals surface area (Å²) in [4.78, 5) is 13.4. The summed E-state index contributed by atoms with van der Waals surface area (Å²) >= 11 is 0.971. The minimum atomic E-state index is -4.55. The SMILES string of the molecule is Cn1nc(C(F)(F)F)cc1-c1ccc(C(=O)N=S(C)(=O)c2ccccc2)s1. The second-order valence-electron chi connectivity index (χ2n) is 5.71. The van der Waals surface area contributed by atoms with Gasteiger partial charge >= 0.3 is 6.18 Å². The Kier molecular flexibility index (Phi) is 4.96. The van der Waals surface area contributed by atoms with Crippen LogP contribution in [-0.4, -0.2) is 26.2 Å². The van der Waals surface area contributed by atoms with Crippen molar-refractivity contribution in [3.63, 3.8) is 0 Å². The first-order chi connectivity index (χ1) is 12.6. The van der Waals surface area contributed by atoms with Gasteiger partial charge in [-0.1, -0.05) is 18.2 Å². The van der Waals surface area contributed by atoms with Crippen LogP contribution in [0.5, 0.6) is 0 Å². The van der Waals surface area contributed by atoms with Gasteiger partial charge in [-0.25, -0.2) is 4.21 Å². The number of nitrogens with zero attached hydrogens (tertiary/aromatic N) is 3. The molecule has 1 amide bonds. The Morgan fingerprint density at radius 3 is 2.44 bits per heavy atom. The third kappa shape index (κ3) is 4.11. The summed E-state index contributed by atoms with van der Waals surface area (Å²) in [6.07, 6.45) is -3.18. The van der Waals surface area contributed by atoms with Crippen LogP contribution < -0.4 is 0 Å². The van der Waals surface area contributed by atoms with E-state index in [1.54, 1.807) is 30.3 Å². The normalized spacial score (nSPS) is 14.0. The molecule has 0 bridgehead atoms. The van der Waals surface area contributed by atoms with Crippen molar-refractivity contribution in [1.29, 1.82) is 0 Å². The van der Waals surface area contributed by atoms with E-state index in [0.717, 1.165) is 22.1 Å². The molecule has 0 spiro atoms. The number of aryl methyl sites for hydroxylation is 1. The van der Waals surface area contributed by atoms with Crippen molar-refractivity contribution in [1.82, 2.24) is 9.78 Å². The number of benzene rings is 1. The highest BCUT2D eigenvalue weighted by atomic mass is 32.2. The molecule has 0 saturated heterocycles. The Bertz CT molecular complexity index is 1110. The standard InChI is InChI=1S/C17H14F3N3O2S2/c1-23-12(10-15(21-23)17(18,19)20)13-8-9-14(26-13)16(24)22-27(2,25)11-6-4-3-5-7-11/h3-10H,1-2H3. The Balaban J connectivity index is 1.93. The second kappa shape index (κ2) is 6.93. The maximum absolute atomic E-state index is 12.8. The summed E-state index contributed by atoms with van der Waals surface area (Å²) in [5.41, 5.74) is -0.779. The topological polar surface area (TPSA) is 64.3 Å². The van der Waals surface area contributed by atoms with Crippen molar-refractivity contribution in [2.75, 3.05) is 6.26 Å². The van der Waals surface area contributed by atoms with E-state index in [2.05, 4.69) is 9.46 Å². The predicted octanol–water partition coefficient (Wildman–Crippen LogP) is 4.46. The highest BCUT2D eigenvalue weighted by molar-refractivity contribution is 7.93. The number of aromatic nitrogens is 2. The van der Waals surface area contributed by atoms with Gasteiger partial charge in [-0.2, -0.15) is 22.6 Å². The fourth-order valence-corrected chi connectivity index (χ4v) is 4.53. The van der Waals surface area contributed by atoms with Gasteiger partial charge in [0.1, 0.15) is 0 Å². The molecule has 142 valence electrons. The molecule has 1 aromatic carbocycles. The van der Waals surface area contributed by atoms with Gasteiger partial charge in [0.15, 0.2) is 5.69 Å². The molecule has 0 N–H and O–H groups in total. The van der Waals surface area contributed by atoms with Crippen LogP contribution in [0, 0.1) is 0 Å². The summed E-state index contributed by atoms with van der Waals surface area (Å²) in [6.45, 7) is 0. The Morgan fingerprint density at radius 2 is 1.85 bits per heavy atom. The molecule has 5 nitrogen and oxygen atoms in total. The van der Waals surface area contributed by atoms with Gasteiger partial charge in [0.25, 0.3) is 5.91 Å². The molecule has 3 rings (SSSR count). The molecule has 2 aromatic heterocycles. The summed E-state index contributed by atoms with van der Waals surface area (Å²) in [5, 5.41) is 3.46. The number of alkyl halides is 3. The molecule has 0 aliphatic rings. The molecule has 27 heavy (non-hydrogen) atoms. The first kappa shape index (κ1) is 19.3. The Morgan fingerprint density at radius 1 is 1.19 bits per heavy atom. The van der Waals surface area contributed by atoms with Crippen molar-refractivity contribution in [3.8, 4) is 10.6 Å². The van der Waals surface area contributed by atoms with Crippen molar-refractivity contribution in [3.05, 3.63) is 59.1 Å². The molecule has 0 fully saturated rings. The van der Waals surface area contributed by atoms with E-state index in [1.807, 2.05) is 0 Å². The monoisotopic (exact) mass is 413 g/mol. The number of thiophene rings is 1. The fraction of sp³-hybridized carbons (Fsp3) is 0.176. The average molecular weight is 413 g/mol. The average Bonchev–Trinajstić information content (AvgIpc) is 3.21. The van der Waals surface area contributed by atoms with E-state index in [0.29, 0.717) is 9.77 Å². The van der Waals surface area contributed by atoms with Crippen LogP contribution in [-0.2, 0) is 23.0 Å². The van der Waals surface area contributed by atoms with Crippen LogP contribution in [0.15, 0.2) is 57.8 Å². The minimum absolute atomic E-state index is 0.185. The highest BCUT2D eigenvalue weighted by Crippen LogP contribution is 2.34. The van der Waals surface area contributed by atoms with Crippen molar-refractivity contribution in [2.24, 2.45) is 11.4 Å². The van der Waals surface area contributed by atoms with Crippen LogP contribution in [0.4, 0.5) is 13.2 Å². The van der Waals surface area contributed by atoms with E-state index >= 15 is 0 Å². The van der Waals surface area contributed by atoms with Crippen LogP contribution in [0.2, 0.25) is 0 Å². The Hall–Kier alpha value is -2.46. The van der Waals surface area contributed by atoms with E-state index in [9.17, 15) is 22.2 Å². The summed E-state index contributed by atoms with van der Waals surface area (Å²) in [5.74, 6) is -0.680. The van der Waals surface area contributed by atoms with Gasteiger partial charge in [-0.3, -0.25) is 9.48 Å². The highest BCUT2D eigenvalue weighted by Gasteiger charge is 2.34. The van der Waals surface area contributed by atoms with Crippen LogP contribution in [0.3, 0.4) is 0 Å². The molecule has 1 unspecified atom stereocenters. The summed E-state index contributed by atoms with van der Waals surface area (Å²) < 4.78 is 56.0. The third-order valence-electron chi connectivity index (χ3n) is 3.68. The first-order valence-electron chi connectivity index (χ1n) is 7.61. The minimum Gasteiger partial charge on any atom is -0.267 e. The molecule has 0 radical (unpaired) electrons. The molecule has 0 saturated carbocycles. The second-order valence-corrected chi connectivity index (χ2v) is 9.05. The summed E-state index contributed by atoms with van der Waals surface area (Å²) in [7, 11) is -1.53. The van der Waals surface area contributed by atoms with Gasteiger partial charge in [0, 0.05) is 18.2 Å². The van der Waals surface area contributed by atoms with E-state index in [4.69, 9.17) is 0 Å². The zero-order valence-corrected chi connectivity index (χ0v) is 15.9. The maximum Gasteiger partial charge on any atom is 0.435 e. The van der Waals surface area contributed by atoms with Gasteiger partial charge in [-0.15, -0.1) is 11.3 Å². The molecule has 1 atom stereocenters. The van der Waals surface area contributed by atoms with Gasteiger partial charge in [0.2, 0.25) is 0 Å². The molecule has 0 aliphatic heterocycles. The van der Waals surface area contributed by atoms with Crippen molar-refractivity contribution < 1.29 is 22.2 Å². The first-order valence-corrected chi connectivity index (χ1v) is 10.3. The van der Waals surface area contributed by atoms with Gasteiger partial charge < -0.3 is 0 Å². The number of carbonyl (C=O) groups excluding carboxylic acids is 1. The third-order valence-corrected chi connectivity index (χ3v) is 6.43. The lowest BCUT2D eigenvalue weighted by molar-refractivity contribution is -0.141. The fourth-order valence-electron chi connectivity index (χ4n) is 2.36. The number of rotatable bonds is 3. The van der Waals surface area contributed by atoms with Crippen molar-refractivity contribution in [2.45, 2.75) is 11.1 Å². The zero-order valence-electron chi connectivity index (χ0n) is 14.2. The molecule has 10 heteroatoms. The number of hydrogen-bond donors (Lipinski definition) is 0. The van der Waals surface area contributed by atoms with Crippen LogP contribution in [0.25, 0.3) is 10.6 Å². The Labute approximate surface area is 157 Å². The number of hydrogen-bond acceptors (Lipinski definition) is 4. The lowest BCUT2D eigenvalue weighted by Gasteiger charge is -2.02. The van der Waals surface area contributed by atoms with E-state index in [1.165, 1.54) is 25.4 Å². The molecular formula is C17H14F3N3O2S2.